The Kier molecular flexibility index (Phi) is 4.96. The van der Waals surface area contributed by atoms with Crippen LogP contribution in [0.15, 0.2) is 24.3 Å². The van der Waals surface area contributed by atoms with E-state index in [-0.39, 0.29) is 17.6 Å². The average molecular weight is 291 g/mol. The molecule has 1 aliphatic rings. The van der Waals surface area contributed by atoms with Crippen LogP contribution in [-0.4, -0.2) is 47.7 Å². The van der Waals surface area contributed by atoms with E-state index in [1.807, 2.05) is 4.90 Å². The molecule has 1 atom stereocenters. The molecule has 1 aromatic rings. The molecule has 0 saturated carbocycles. The molecule has 5 nitrogen and oxygen atoms in total. The van der Waals surface area contributed by atoms with Crippen LogP contribution in [0.5, 0.6) is 0 Å². The maximum absolute atomic E-state index is 12.3. The Bertz CT molecular complexity index is 510. The highest BCUT2D eigenvalue weighted by Crippen LogP contribution is 2.15. The van der Waals surface area contributed by atoms with Crippen LogP contribution in [-0.2, 0) is 16.0 Å². The lowest BCUT2D eigenvalue weighted by Crippen LogP contribution is -2.47. The highest BCUT2D eigenvalue weighted by molar-refractivity contribution is 5.87. The Morgan fingerprint density at radius 2 is 2.00 bits per heavy atom. The molecule has 0 radical (unpaired) electrons. The zero-order chi connectivity index (χ0) is 15.4. The van der Waals surface area contributed by atoms with Gasteiger partial charge in [0.15, 0.2) is 0 Å². The second-order valence-electron chi connectivity index (χ2n) is 5.67. The van der Waals surface area contributed by atoms with Gasteiger partial charge in [-0.05, 0) is 23.6 Å². The number of rotatable bonds is 4. The highest BCUT2D eigenvalue weighted by Gasteiger charge is 2.26. The minimum Gasteiger partial charge on any atom is -0.478 e. The first-order valence-electron chi connectivity index (χ1n) is 7.19. The van der Waals surface area contributed by atoms with Gasteiger partial charge in [-0.25, -0.2) is 4.79 Å². The van der Waals surface area contributed by atoms with E-state index in [0.29, 0.717) is 32.0 Å². The minimum atomic E-state index is -0.958. The van der Waals surface area contributed by atoms with Crippen LogP contribution in [0.3, 0.4) is 0 Å². The number of benzene rings is 1. The van der Waals surface area contributed by atoms with Gasteiger partial charge in [0.2, 0.25) is 5.91 Å². The summed E-state index contributed by atoms with van der Waals surface area (Å²) in [6.07, 6.45) is 0.391. The summed E-state index contributed by atoms with van der Waals surface area (Å²) < 4.78 is 5.65. The van der Waals surface area contributed by atoms with Crippen LogP contribution in [0, 0.1) is 5.92 Å². The number of nitrogens with zero attached hydrogens (tertiary/aromatic N) is 1. The van der Waals surface area contributed by atoms with Crippen LogP contribution in [0.25, 0.3) is 0 Å². The van der Waals surface area contributed by atoms with Gasteiger partial charge >= 0.3 is 5.97 Å². The first-order chi connectivity index (χ1) is 9.97. The van der Waals surface area contributed by atoms with E-state index in [2.05, 4.69) is 13.8 Å². The van der Waals surface area contributed by atoms with E-state index in [0.717, 1.165) is 5.56 Å². The predicted octanol–water partition coefficient (Wildman–Crippen LogP) is 1.81. The second-order valence-corrected chi connectivity index (χ2v) is 5.67. The molecule has 0 spiro atoms. The molecule has 1 amide bonds. The number of carboxylic acids is 1. The van der Waals surface area contributed by atoms with Crippen molar-refractivity contribution in [1.29, 1.82) is 0 Å². The third kappa shape index (κ3) is 4.04. The van der Waals surface area contributed by atoms with E-state index in [1.165, 1.54) is 12.1 Å². The van der Waals surface area contributed by atoms with Crippen molar-refractivity contribution < 1.29 is 19.4 Å². The Hall–Kier alpha value is -1.88. The largest absolute Gasteiger partial charge is 0.478 e. The van der Waals surface area contributed by atoms with Crippen molar-refractivity contribution >= 4 is 11.9 Å². The summed E-state index contributed by atoms with van der Waals surface area (Å²) in [7, 11) is 0. The summed E-state index contributed by atoms with van der Waals surface area (Å²) in [5, 5.41) is 8.85. The fourth-order valence-corrected chi connectivity index (χ4v) is 2.36. The fraction of sp³-hybridized carbons (Fsp3) is 0.500. The Morgan fingerprint density at radius 3 is 2.57 bits per heavy atom. The molecule has 2 rings (SSSR count). The van der Waals surface area contributed by atoms with Gasteiger partial charge in [-0.15, -0.1) is 0 Å². The van der Waals surface area contributed by atoms with Gasteiger partial charge < -0.3 is 14.7 Å². The molecule has 1 aliphatic heterocycles. The average Bonchev–Trinajstić information content (AvgIpc) is 2.48. The minimum absolute atomic E-state index is 0.0621. The molecule has 1 aromatic carbocycles. The first kappa shape index (κ1) is 15.5. The lowest BCUT2D eigenvalue weighted by molar-refractivity contribution is -0.139. The Labute approximate surface area is 124 Å². The molecule has 21 heavy (non-hydrogen) atoms. The Morgan fingerprint density at radius 1 is 1.33 bits per heavy atom. The second kappa shape index (κ2) is 6.72. The quantitative estimate of drug-likeness (QED) is 0.918. The van der Waals surface area contributed by atoms with Crippen molar-refractivity contribution in [3.8, 4) is 0 Å². The van der Waals surface area contributed by atoms with E-state index in [4.69, 9.17) is 9.84 Å². The molecule has 0 aliphatic carbocycles. The lowest BCUT2D eigenvalue weighted by Gasteiger charge is -2.35. The number of morpholine rings is 1. The van der Waals surface area contributed by atoms with Crippen molar-refractivity contribution in [1.82, 2.24) is 4.90 Å². The molecular weight excluding hydrogens is 270 g/mol. The molecule has 114 valence electrons. The Balaban J connectivity index is 1.96. The number of hydrogen-bond acceptors (Lipinski definition) is 3. The summed E-state index contributed by atoms with van der Waals surface area (Å²) in [6, 6.07) is 6.45. The number of aromatic carboxylic acids is 1. The van der Waals surface area contributed by atoms with Gasteiger partial charge in [0.05, 0.1) is 24.7 Å². The molecular formula is C16H21NO4. The zero-order valence-corrected chi connectivity index (χ0v) is 12.4. The van der Waals surface area contributed by atoms with Gasteiger partial charge in [-0.3, -0.25) is 4.79 Å². The zero-order valence-electron chi connectivity index (χ0n) is 12.4. The van der Waals surface area contributed by atoms with Gasteiger partial charge in [0.1, 0.15) is 0 Å². The van der Waals surface area contributed by atoms with Crippen LogP contribution < -0.4 is 0 Å². The number of carbonyl (C=O) groups is 2. The summed E-state index contributed by atoms with van der Waals surface area (Å²) in [5.74, 6) is -0.511. The van der Waals surface area contributed by atoms with Gasteiger partial charge in [0.25, 0.3) is 0 Å². The molecule has 5 heteroatoms. The van der Waals surface area contributed by atoms with E-state index in [9.17, 15) is 9.59 Å². The summed E-state index contributed by atoms with van der Waals surface area (Å²) in [5.41, 5.74) is 1.06. The lowest BCUT2D eigenvalue weighted by atomic mass is 10.0. The first-order valence-corrected chi connectivity index (χ1v) is 7.19. The number of carbonyl (C=O) groups excluding carboxylic acids is 1. The molecule has 1 saturated heterocycles. The summed E-state index contributed by atoms with van der Waals surface area (Å²) in [6.45, 7) is 6.00. The van der Waals surface area contributed by atoms with Crippen molar-refractivity contribution in [2.24, 2.45) is 5.92 Å². The maximum atomic E-state index is 12.3. The smallest absolute Gasteiger partial charge is 0.335 e. The van der Waals surface area contributed by atoms with Crippen LogP contribution in [0.1, 0.15) is 29.8 Å². The fourth-order valence-electron chi connectivity index (χ4n) is 2.36. The maximum Gasteiger partial charge on any atom is 0.335 e. The topological polar surface area (TPSA) is 66.8 Å². The highest BCUT2D eigenvalue weighted by atomic mass is 16.5. The predicted molar refractivity (Wildman–Crippen MR) is 78.3 cm³/mol. The normalized spacial score (nSPS) is 18.8. The third-order valence-corrected chi connectivity index (χ3v) is 3.75. The van der Waals surface area contributed by atoms with Gasteiger partial charge in [0, 0.05) is 13.1 Å². The molecule has 1 unspecified atom stereocenters. The molecule has 1 N–H and O–H groups in total. The van der Waals surface area contributed by atoms with Crippen LogP contribution >= 0.6 is 0 Å². The van der Waals surface area contributed by atoms with Crippen molar-refractivity contribution in [3.05, 3.63) is 35.4 Å². The number of carboxylic acid groups (broad SMARTS) is 1. The van der Waals surface area contributed by atoms with E-state index < -0.39 is 5.97 Å². The number of hydrogen-bond donors (Lipinski definition) is 1. The molecule has 1 fully saturated rings. The summed E-state index contributed by atoms with van der Waals surface area (Å²) >= 11 is 0. The number of ether oxygens (including phenoxy) is 1. The van der Waals surface area contributed by atoms with Crippen molar-refractivity contribution in [3.63, 3.8) is 0 Å². The molecule has 0 aromatic heterocycles. The van der Waals surface area contributed by atoms with E-state index in [1.54, 1.807) is 12.1 Å². The molecule has 1 heterocycles. The standard InChI is InChI=1S/C16H21NO4/c1-11(2)14-10-17(7-8-21-14)15(18)9-12-3-5-13(6-4-12)16(19)20/h3-6,11,14H,7-10H2,1-2H3,(H,19,20). The van der Waals surface area contributed by atoms with E-state index >= 15 is 0 Å². The third-order valence-electron chi connectivity index (χ3n) is 3.75. The van der Waals surface area contributed by atoms with Crippen molar-refractivity contribution in [2.75, 3.05) is 19.7 Å². The molecule has 0 bridgehead atoms. The number of amides is 1. The van der Waals surface area contributed by atoms with Gasteiger partial charge in [-0.1, -0.05) is 26.0 Å². The monoisotopic (exact) mass is 291 g/mol. The summed E-state index contributed by atoms with van der Waals surface area (Å²) in [4.78, 5) is 24.9. The van der Waals surface area contributed by atoms with Crippen LogP contribution in [0.4, 0.5) is 0 Å². The SMILES string of the molecule is CC(C)C1CN(C(=O)Cc2ccc(C(=O)O)cc2)CCO1. The van der Waals surface area contributed by atoms with Crippen LogP contribution in [0.2, 0.25) is 0 Å². The van der Waals surface area contributed by atoms with Crippen molar-refractivity contribution in [2.45, 2.75) is 26.4 Å². The van der Waals surface area contributed by atoms with Gasteiger partial charge in [-0.2, -0.15) is 0 Å².